The van der Waals surface area contributed by atoms with Crippen LogP contribution in [0.1, 0.15) is 0 Å². The molecule has 0 radical (unpaired) electrons. The van der Waals surface area contributed by atoms with Crippen LogP contribution >= 0.6 is 22.7 Å². The molecule has 2 heterocycles. The predicted octanol–water partition coefficient (Wildman–Crippen LogP) is 8.00. The second-order valence-electron chi connectivity index (χ2n) is 8.19. The minimum atomic E-state index is 0.755. The van der Waals surface area contributed by atoms with E-state index in [2.05, 4.69) is 77.7 Å². The smallest absolute Gasteiger partial charge is 0.103 e. The van der Waals surface area contributed by atoms with Crippen molar-refractivity contribution in [1.82, 2.24) is 0 Å². The van der Waals surface area contributed by atoms with Crippen molar-refractivity contribution in [1.29, 1.82) is 0 Å². The average Bonchev–Trinajstić information content (AvgIpc) is 3.46. The van der Waals surface area contributed by atoms with Gasteiger partial charge in [-0.15, -0.1) is 22.7 Å². The summed E-state index contributed by atoms with van der Waals surface area (Å²) in [6.45, 7) is 0. The van der Waals surface area contributed by atoms with Gasteiger partial charge in [-0.3, -0.25) is 4.90 Å². The lowest BCUT2D eigenvalue weighted by Crippen LogP contribution is -2.06. The molecule has 0 spiro atoms. The number of thiophene rings is 2. The van der Waals surface area contributed by atoms with Crippen LogP contribution in [0, 0.1) is 0 Å². The van der Waals surface area contributed by atoms with Crippen LogP contribution in [-0.4, -0.2) is 0 Å². The van der Waals surface area contributed by atoms with Crippen molar-refractivity contribution >= 4 is 75.6 Å². The molecule has 0 atom stereocenters. The molecular weight excluding hydrogens is 456 g/mol. The number of rotatable bonds is 4. The molecule has 0 unspecified atom stereocenters. The maximum atomic E-state index is 6.10. The fourth-order valence-corrected chi connectivity index (χ4v) is 6.11. The topological polar surface area (TPSA) is 81.3 Å². The first kappa shape index (κ1) is 20.6. The number of anilines is 6. The fourth-order valence-electron chi connectivity index (χ4n) is 4.44. The number of nitrogens with two attached hydrogens (primary N) is 3. The van der Waals surface area contributed by atoms with Crippen LogP contribution in [0.3, 0.4) is 0 Å². The van der Waals surface area contributed by atoms with Gasteiger partial charge in [-0.2, -0.15) is 0 Å². The van der Waals surface area contributed by atoms with Crippen molar-refractivity contribution in [2.45, 2.75) is 0 Å². The molecule has 4 nitrogen and oxygen atoms in total. The van der Waals surface area contributed by atoms with Crippen molar-refractivity contribution in [3.8, 4) is 11.1 Å². The summed E-state index contributed by atoms with van der Waals surface area (Å²) < 4.78 is 0. The van der Waals surface area contributed by atoms with Gasteiger partial charge in [-0.05, 0) is 87.3 Å². The normalized spacial score (nSPS) is 11.3. The van der Waals surface area contributed by atoms with Gasteiger partial charge in [0, 0.05) is 11.4 Å². The highest BCUT2D eigenvalue weighted by Crippen LogP contribution is 2.45. The van der Waals surface area contributed by atoms with Crippen LogP contribution < -0.4 is 22.1 Å². The van der Waals surface area contributed by atoms with E-state index in [1.165, 1.54) is 27.1 Å². The fraction of sp³-hybridized carbons (Fsp3) is 0. The first-order valence-corrected chi connectivity index (χ1v) is 12.5. The van der Waals surface area contributed by atoms with E-state index in [1.807, 2.05) is 24.3 Å². The Labute approximate surface area is 205 Å². The van der Waals surface area contributed by atoms with Crippen LogP contribution in [0.25, 0.3) is 32.7 Å². The van der Waals surface area contributed by atoms with Crippen LogP contribution in [0.5, 0.6) is 0 Å². The molecule has 6 aromatic rings. The molecule has 0 saturated carbocycles. The molecule has 34 heavy (non-hydrogen) atoms. The van der Waals surface area contributed by atoms with Gasteiger partial charge in [0.1, 0.15) is 10.0 Å². The van der Waals surface area contributed by atoms with Crippen LogP contribution in [0.4, 0.5) is 31.4 Å². The van der Waals surface area contributed by atoms with E-state index < -0.39 is 0 Å². The Morgan fingerprint density at radius 1 is 0.559 bits per heavy atom. The van der Waals surface area contributed by atoms with E-state index in [0.29, 0.717) is 0 Å². The highest BCUT2D eigenvalue weighted by Gasteiger charge is 2.18. The molecule has 0 fully saturated rings. The summed E-state index contributed by atoms with van der Waals surface area (Å²) in [5.41, 5.74) is 22.4. The molecule has 0 aliphatic rings. The SMILES string of the molecule is Nc1ccc(-c2c3ccccc3cc3ccc(N(c4ccc(N)s4)c4ccc(N)s4)cc23)cc1. The summed E-state index contributed by atoms with van der Waals surface area (Å²) in [5.74, 6) is 0. The van der Waals surface area contributed by atoms with Gasteiger partial charge in [0.2, 0.25) is 0 Å². The number of benzene rings is 4. The number of hydrogen-bond donors (Lipinski definition) is 3. The summed E-state index contributed by atoms with van der Waals surface area (Å²) >= 11 is 3.12. The van der Waals surface area contributed by atoms with E-state index in [1.54, 1.807) is 22.7 Å². The van der Waals surface area contributed by atoms with Crippen molar-refractivity contribution in [2.24, 2.45) is 0 Å². The van der Waals surface area contributed by atoms with Crippen molar-refractivity contribution < 1.29 is 0 Å². The summed E-state index contributed by atoms with van der Waals surface area (Å²) in [4.78, 5) is 2.23. The molecule has 0 bridgehead atoms. The molecular formula is C28H22N4S2. The Morgan fingerprint density at radius 3 is 1.85 bits per heavy atom. The van der Waals surface area contributed by atoms with E-state index in [0.717, 1.165) is 36.9 Å². The highest BCUT2D eigenvalue weighted by atomic mass is 32.1. The lowest BCUT2D eigenvalue weighted by atomic mass is 9.91. The molecule has 6 rings (SSSR count). The molecule has 6 N–H and O–H groups in total. The Kier molecular flexibility index (Phi) is 4.90. The third-order valence-corrected chi connectivity index (χ3v) is 7.77. The monoisotopic (exact) mass is 478 g/mol. The van der Waals surface area contributed by atoms with Crippen LogP contribution in [0.15, 0.2) is 97.1 Å². The summed E-state index contributed by atoms with van der Waals surface area (Å²) in [6.07, 6.45) is 0. The zero-order valence-electron chi connectivity index (χ0n) is 18.2. The number of hydrogen-bond acceptors (Lipinski definition) is 6. The molecule has 0 aliphatic heterocycles. The Morgan fingerprint density at radius 2 is 1.21 bits per heavy atom. The van der Waals surface area contributed by atoms with Crippen molar-refractivity contribution in [3.63, 3.8) is 0 Å². The van der Waals surface area contributed by atoms with Crippen molar-refractivity contribution in [2.75, 3.05) is 22.1 Å². The van der Waals surface area contributed by atoms with Gasteiger partial charge in [0.15, 0.2) is 0 Å². The maximum Gasteiger partial charge on any atom is 0.103 e. The first-order valence-electron chi connectivity index (χ1n) is 10.9. The average molecular weight is 479 g/mol. The lowest BCUT2D eigenvalue weighted by Gasteiger charge is -2.23. The molecule has 0 amide bonds. The van der Waals surface area contributed by atoms with E-state index >= 15 is 0 Å². The zero-order chi connectivity index (χ0) is 23.2. The second kappa shape index (κ2) is 8.09. The molecule has 0 saturated heterocycles. The van der Waals surface area contributed by atoms with Gasteiger partial charge in [0.25, 0.3) is 0 Å². The standard InChI is InChI=1S/C28H22N4S2/c29-20-8-5-17(6-9-20)28-22-4-2-1-3-18(22)15-19-7-10-21(16-23(19)28)32(26-13-11-24(30)33-26)27-14-12-25(31)34-27/h1-16H,29-31H2. The molecule has 6 heteroatoms. The molecule has 4 aromatic carbocycles. The third kappa shape index (κ3) is 3.53. The Bertz CT molecular complexity index is 1610. The molecule has 0 aliphatic carbocycles. The second-order valence-corrected chi connectivity index (χ2v) is 10.4. The van der Waals surface area contributed by atoms with E-state index in [-0.39, 0.29) is 0 Å². The summed E-state index contributed by atoms with van der Waals surface area (Å²) in [7, 11) is 0. The highest BCUT2D eigenvalue weighted by molar-refractivity contribution is 7.22. The van der Waals surface area contributed by atoms with Gasteiger partial charge >= 0.3 is 0 Å². The predicted molar refractivity (Wildman–Crippen MR) is 151 cm³/mol. The van der Waals surface area contributed by atoms with Gasteiger partial charge in [-0.25, -0.2) is 0 Å². The Balaban J connectivity index is 1.64. The minimum absolute atomic E-state index is 0.755. The van der Waals surface area contributed by atoms with Gasteiger partial charge in [0.05, 0.1) is 10.0 Å². The third-order valence-electron chi connectivity index (χ3n) is 5.97. The first-order chi connectivity index (χ1) is 16.6. The van der Waals surface area contributed by atoms with E-state index in [4.69, 9.17) is 17.2 Å². The largest absolute Gasteiger partial charge is 0.399 e. The number of nitrogens with zero attached hydrogens (tertiary/aromatic N) is 1. The van der Waals surface area contributed by atoms with Crippen LogP contribution in [0.2, 0.25) is 0 Å². The molecule has 166 valence electrons. The number of nitrogen functional groups attached to an aromatic ring is 3. The maximum absolute atomic E-state index is 6.10. The van der Waals surface area contributed by atoms with Gasteiger partial charge < -0.3 is 17.2 Å². The summed E-state index contributed by atoms with van der Waals surface area (Å²) in [5, 5.41) is 8.44. The number of fused-ring (bicyclic) bond motifs is 2. The molecule has 2 aromatic heterocycles. The van der Waals surface area contributed by atoms with E-state index in [9.17, 15) is 0 Å². The quantitative estimate of drug-likeness (QED) is 0.177. The van der Waals surface area contributed by atoms with Gasteiger partial charge in [-0.1, -0.05) is 42.5 Å². The summed E-state index contributed by atoms with van der Waals surface area (Å²) in [6, 6.07) is 33.5. The lowest BCUT2D eigenvalue weighted by molar-refractivity contribution is 1.36. The van der Waals surface area contributed by atoms with Crippen molar-refractivity contribution in [3.05, 3.63) is 97.1 Å². The minimum Gasteiger partial charge on any atom is -0.399 e. The van der Waals surface area contributed by atoms with Crippen LogP contribution in [-0.2, 0) is 0 Å². The zero-order valence-corrected chi connectivity index (χ0v) is 19.9. The Hall–Kier alpha value is -4.00.